The number of aryl methyl sites for hydroxylation is 4. The molecule has 2 aromatic rings. The van der Waals surface area contributed by atoms with Crippen LogP contribution in [0.5, 0.6) is 5.88 Å². The molecule has 0 saturated carbocycles. The number of aromatic nitrogens is 1. The number of benzene rings is 1. The molecule has 1 heterocycles. The summed E-state index contributed by atoms with van der Waals surface area (Å²) in [6.07, 6.45) is 3.83. The molecule has 0 amide bonds. The maximum absolute atomic E-state index is 6.09. The predicted octanol–water partition coefficient (Wildman–Crippen LogP) is 5.78. The highest BCUT2D eigenvalue weighted by Crippen LogP contribution is 2.30. The molecule has 1 atom stereocenters. The van der Waals surface area contributed by atoms with Gasteiger partial charge in [-0.2, -0.15) is 0 Å². The van der Waals surface area contributed by atoms with Gasteiger partial charge >= 0.3 is 0 Å². The summed E-state index contributed by atoms with van der Waals surface area (Å²) in [7, 11) is 2.00. The molecule has 0 spiro atoms. The van der Waals surface area contributed by atoms with Crippen molar-refractivity contribution in [2.75, 3.05) is 13.6 Å². The maximum Gasteiger partial charge on any atom is 0.228 e. The topological polar surface area (TPSA) is 37.7 Å². The number of rotatable bonds is 8. The van der Waals surface area contributed by atoms with Gasteiger partial charge in [0.2, 0.25) is 5.88 Å². The highest BCUT2D eigenvalue weighted by atomic mass is 79.9. The lowest BCUT2D eigenvalue weighted by Gasteiger charge is -2.16. The zero-order valence-corrected chi connectivity index (χ0v) is 18.8. The molecule has 0 aliphatic carbocycles. The molecule has 5 heteroatoms. The van der Waals surface area contributed by atoms with Crippen LogP contribution in [0.4, 0.5) is 5.69 Å². The van der Waals surface area contributed by atoms with E-state index in [2.05, 4.69) is 71.8 Å². The van der Waals surface area contributed by atoms with Crippen LogP contribution < -0.4 is 4.74 Å². The number of hydrogen-bond acceptors (Lipinski definition) is 3. The second-order valence-electron chi connectivity index (χ2n) is 7.16. The number of hydrogen-bond donors (Lipinski definition) is 0. The Kier molecular flexibility index (Phi) is 7.84. The van der Waals surface area contributed by atoms with Crippen LogP contribution in [-0.4, -0.2) is 35.9 Å². The van der Waals surface area contributed by atoms with E-state index in [-0.39, 0.29) is 6.10 Å². The van der Waals surface area contributed by atoms with Crippen LogP contribution in [0.3, 0.4) is 0 Å². The minimum absolute atomic E-state index is 0.0783. The third-order valence-corrected chi connectivity index (χ3v) is 5.00. The minimum atomic E-state index is 0.0783. The van der Waals surface area contributed by atoms with E-state index in [9.17, 15) is 0 Å². The van der Waals surface area contributed by atoms with Gasteiger partial charge in [-0.15, -0.1) is 0 Å². The summed E-state index contributed by atoms with van der Waals surface area (Å²) in [4.78, 5) is 11.1. The van der Waals surface area contributed by atoms with Gasteiger partial charge < -0.3 is 9.64 Å². The Labute approximate surface area is 171 Å². The van der Waals surface area contributed by atoms with Crippen molar-refractivity contribution in [1.29, 1.82) is 0 Å². The predicted molar refractivity (Wildman–Crippen MR) is 117 cm³/mol. The van der Waals surface area contributed by atoms with Gasteiger partial charge in [-0.05, 0) is 75.0 Å². The highest BCUT2D eigenvalue weighted by molar-refractivity contribution is 9.10. The number of nitrogens with zero attached hydrogens (tertiary/aromatic N) is 3. The molecular formula is C22H30BrN3O. The molecule has 0 radical (unpaired) electrons. The lowest BCUT2D eigenvalue weighted by Crippen LogP contribution is -2.15. The Balaban J connectivity index is 2.01. The second kappa shape index (κ2) is 9.88. The molecule has 2 rings (SSSR count). The van der Waals surface area contributed by atoms with E-state index in [1.54, 1.807) is 0 Å². The van der Waals surface area contributed by atoms with Gasteiger partial charge in [-0.3, -0.25) is 0 Å². The summed E-state index contributed by atoms with van der Waals surface area (Å²) < 4.78 is 6.92. The van der Waals surface area contributed by atoms with Crippen molar-refractivity contribution in [2.24, 2.45) is 4.99 Å². The summed E-state index contributed by atoms with van der Waals surface area (Å²) in [6.45, 7) is 11.3. The molecule has 0 saturated heterocycles. The minimum Gasteiger partial charge on any atom is -0.474 e. The summed E-state index contributed by atoms with van der Waals surface area (Å²) >= 11 is 3.57. The lowest BCUT2D eigenvalue weighted by molar-refractivity contribution is 0.201. The summed E-state index contributed by atoms with van der Waals surface area (Å²) in [5, 5.41) is 0. The van der Waals surface area contributed by atoms with Gasteiger partial charge in [0.25, 0.3) is 0 Å². The molecule has 0 N–H and O–H groups in total. The number of aliphatic imine (C=N–C) groups is 1. The average Bonchev–Trinajstić information content (AvgIpc) is 2.60. The lowest BCUT2D eigenvalue weighted by atomic mass is 10.0. The SMILES string of the molecule is CCN(C)/C=N/c1cc(Br)c(OC(C)CCc2cc(C)cc(C)c2)nc1C. The molecule has 146 valence electrons. The van der Waals surface area contributed by atoms with Crippen LogP contribution in [0.15, 0.2) is 33.7 Å². The monoisotopic (exact) mass is 431 g/mol. The van der Waals surface area contributed by atoms with Gasteiger partial charge in [0.15, 0.2) is 0 Å². The van der Waals surface area contributed by atoms with Crippen LogP contribution in [-0.2, 0) is 6.42 Å². The molecule has 0 fully saturated rings. The fraction of sp³-hybridized carbons (Fsp3) is 0.455. The van der Waals surface area contributed by atoms with E-state index < -0.39 is 0 Å². The Morgan fingerprint density at radius 1 is 1.19 bits per heavy atom. The van der Waals surface area contributed by atoms with Gasteiger partial charge in [0, 0.05) is 13.6 Å². The van der Waals surface area contributed by atoms with Gasteiger partial charge in [0.1, 0.15) is 0 Å². The molecule has 0 aliphatic rings. The van der Waals surface area contributed by atoms with Crippen molar-refractivity contribution in [3.63, 3.8) is 0 Å². The Hall–Kier alpha value is -1.88. The van der Waals surface area contributed by atoms with E-state index in [0.29, 0.717) is 5.88 Å². The fourth-order valence-corrected chi connectivity index (χ4v) is 3.24. The first-order valence-electron chi connectivity index (χ1n) is 9.44. The summed E-state index contributed by atoms with van der Waals surface area (Å²) in [5.74, 6) is 0.628. The average molecular weight is 432 g/mol. The Bertz CT molecular complexity index is 784. The van der Waals surface area contributed by atoms with Crippen LogP contribution in [0.2, 0.25) is 0 Å². The standard InChI is InChI=1S/C22H30BrN3O/c1-7-26(6)14-24-21-13-20(23)22(25-18(21)5)27-17(4)8-9-19-11-15(2)10-16(3)12-19/h10-14,17H,7-9H2,1-6H3/b24-14+. The van der Waals surface area contributed by atoms with Crippen LogP contribution in [0.1, 0.15) is 42.7 Å². The van der Waals surface area contributed by atoms with Crippen molar-refractivity contribution in [1.82, 2.24) is 9.88 Å². The van der Waals surface area contributed by atoms with E-state index in [1.165, 1.54) is 16.7 Å². The van der Waals surface area contributed by atoms with E-state index >= 15 is 0 Å². The van der Waals surface area contributed by atoms with Crippen molar-refractivity contribution in [2.45, 2.75) is 53.6 Å². The van der Waals surface area contributed by atoms with Crippen molar-refractivity contribution >= 4 is 28.0 Å². The number of halogens is 1. The second-order valence-corrected chi connectivity index (χ2v) is 8.02. The van der Waals surface area contributed by atoms with Crippen molar-refractivity contribution in [3.05, 3.63) is 51.1 Å². The molecular weight excluding hydrogens is 402 g/mol. The van der Waals surface area contributed by atoms with E-state index in [4.69, 9.17) is 4.74 Å². The van der Waals surface area contributed by atoms with Gasteiger partial charge in [-0.25, -0.2) is 9.98 Å². The molecule has 4 nitrogen and oxygen atoms in total. The van der Waals surface area contributed by atoms with Crippen LogP contribution in [0, 0.1) is 20.8 Å². The van der Waals surface area contributed by atoms with E-state index in [0.717, 1.165) is 35.2 Å². The first-order valence-corrected chi connectivity index (χ1v) is 10.2. The Morgan fingerprint density at radius 2 is 1.85 bits per heavy atom. The molecule has 0 bridgehead atoms. The fourth-order valence-electron chi connectivity index (χ4n) is 2.84. The van der Waals surface area contributed by atoms with Crippen LogP contribution in [0.25, 0.3) is 0 Å². The Morgan fingerprint density at radius 3 is 2.48 bits per heavy atom. The first-order chi connectivity index (χ1) is 12.8. The van der Waals surface area contributed by atoms with E-state index in [1.807, 2.05) is 31.3 Å². The first kappa shape index (κ1) is 21.4. The third-order valence-electron chi connectivity index (χ3n) is 4.43. The largest absolute Gasteiger partial charge is 0.474 e. The molecule has 0 aliphatic heterocycles. The molecule has 1 aromatic heterocycles. The maximum atomic E-state index is 6.09. The van der Waals surface area contributed by atoms with Crippen molar-refractivity contribution in [3.8, 4) is 5.88 Å². The number of pyridine rings is 1. The number of ether oxygens (including phenoxy) is 1. The smallest absolute Gasteiger partial charge is 0.228 e. The summed E-state index contributed by atoms with van der Waals surface area (Å²) in [6, 6.07) is 8.67. The highest BCUT2D eigenvalue weighted by Gasteiger charge is 2.12. The zero-order chi connectivity index (χ0) is 20.0. The zero-order valence-electron chi connectivity index (χ0n) is 17.2. The molecule has 1 unspecified atom stereocenters. The van der Waals surface area contributed by atoms with Gasteiger partial charge in [-0.1, -0.05) is 29.3 Å². The molecule has 27 heavy (non-hydrogen) atoms. The van der Waals surface area contributed by atoms with Gasteiger partial charge in [0.05, 0.1) is 28.3 Å². The van der Waals surface area contributed by atoms with Crippen LogP contribution >= 0.6 is 15.9 Å². The van der Waals surface area contributed by atoms with Crippen molar-refractivity contribution < 1.29 is 4.74 Å². The normalized spacial score (nSPS) is 12.4. The quantitative estimate of drug-likeness (QED) is 0.392. The summed E-state index contributed by atoms with van der Waals surface area (Å²) in [5.41, 5.74) is 5.68. The third kappa shape index (κ3) is 6.65. The molecule has 1 aromatic carbocycles.